The van der Waals surface area contributed by atoms with Gasteiger partial charge in [0.15, 0.2) is 11.5 Å². The molecule has 0 aliphatic heterocycles. The first-order valence-corrected chi connectivity index (χ1v) is 12.2. The normalized spacial score (nSPS) is 13.0. The summed E-state index contributed by atoms with van der Waals surface area (Å²) in [6, 6.07) is 19.7. The molecule has 0 fully saturated rings. The Hall–Kier alpha value is -4.48. The molecule has 0 aliphatic carbocycles. The van der Waals surface area contributed by atoms with Gasteiger partial charge in [0.1, 0.15) is 11.5 Å². The lowest BCUT2D eigenvalue weighted by Gasteiger charge is -2.18. The Kier molecular flexibility index (Phi) is 6.94. The van der Waals surface area contributed by atoms with E-state index in [0.29, 0.717) is 35.0 Å². The molecule has 0 amide bonds. The molecule has 0 N–H and O–H groups in total. The van der Waals surface area contributed by atoms with Gasteiger partial charge in [-0.05, 0) is 43.2 Å². The number of hydrogen-bond acceptors (Lipinski definition) is 4. The summed E-state index contributed by atoms with van der Waals surface area (Å²) in [4.78, 5) is 0. The molecule has 12 heteroatoms. The van der Waals surface area contributed by atoms with Crippen LogP contribution in [0.1, 0.15) is 41.0 Å². The van der Waals surface area contributed by atoms with Crippen molar-refractivity contribution in [2.24, 2.45) is 0 Å². The quantitative estimate of drug-likeness (QED) is 0.208. The van der Waals surface area contributed by atoms with Crippen LogP contribution in [0.5, 0.6) is 0 Å². The summed E-state index contributed by atoms with van der Waals surface area (Å²) < 4.78 is 84.1. The van der Waals surface area contributed by atoms with Crippen LogP contribution < -0.4 is 0 Å². The maximum atomic E-state index is 13.5. The van der Waals surface area contributed by atoms with Crippen LogP contribution in [-0.2, 0) is 18.9 Å². The first kappa shape index (κ1) is 27.1. The smallest absolute Gasteiger partial charge is 0.302 e. The number of hydrogen-bond donors (Lipinski definition) is 0. The summed E-state index contributed by atoms with van der Waals surface area (Å²) in [5.74, 6) is 0.951. The average molecular weight is 557 g/mol. The van der Waals surface area contributed by atoms with Crippen LogP contribution in [0.15, 0.2) is 78.9 Å². The molecule has 0 radical (unpaired) electrons. The van der Waals surface area contributed by atoms with Crippen LogP contribution in [0.3, 0.4) is 0 Å². The summed E-state index contributed by atoms with van der Waals surface area (Å²) in [6.45, 7) is 3.35. The third-order valence-electron chi connectivity index (χ3n) is 6.51. The number of halogens is 6. The van der Waals surface area contributed by atoms with Crippen molar-refractivity contribution in [1.82, 2.24) is 29.8 Å². The average Bonchev–Trinajstić information content (AvgIpc) is 3.51. The van der Waals surface area contributed by atoms with E-state index in [2.05, 4.69) is 20.5 Å². The van der Waals surface area contributed by atoms with Crippen molar-refractivity contribution in [2.75, 3.05) is 0 Å². The highest BCUT2D eigenvalue weighted by Crippen LogP contribution is 2.37. The Bertz CT molecular complexity index is 1590. The van der Waals surface area contributed by atoms with Crippen LogP contribution in [0.25, 0.3) is 22.8 Å². The van der Waals surface area contributed by atoms with Gasteiger partial charge in [-0.1, -0.05) is 65.9 Å². The molecule has 2 heterocycles. The third kappa shape index (κ3) is 5.33. The van der Waals surface area contributed by atoms with Crippen LogP contribution in [0, 0.1) is 6.92 Å². The molecule has 3 aromatic carbocycles. The monoisotopic (exact) mass is 556 g/mol. The highest BCUT2D eigenvalue weighted by molar-refractivity contribution is 5.75. The largest absolute Gasteiger partial charge is 0.416 e. The second-order valence-corrected chi connectivity index (χ2v) is 9.25. The van der Waals surface area contributed by atoms with Crippen molar-refractivity contribution in [3.05, 3.63) is 107 Å². The van der Waals surface area contributed by atoms with E-state index in [0.717, 1.165) is 5.56 Å². The molecule has 0 spiro atoms. The zero-order valence-corrected chi connectivity index (χ0v) is 21.2. The molecule has 0 saturated heterocycles. The number of aryl methyl sites for hydroxylation is 1. The fraction of sp³-hybridized carbons (Fsp3) is 0.214. The molecule has 2 aromatic heterocycles. The van der Waals surface area contributed by atoms with Gasteiger partial charge < -0.3 is 4.57 Å². The maximum Gasteiger partial charge on any atom is 0.416 e. The van der Waals surface area contributed by atoms with E-state index in [1.54, 1.807) is 37.3 Å². The van der Waals surface area contributed by atoms with Gasteiger partial charge in [-0.3, -0.25) is 0 Å². The van der Waals surface area contributed by atoms with Crippen molar-refractivity contribution in [3.63, 3.8) is 0 Å². The number of benzene rings is 3. The molecular weight excluding hydrogens is 534 g/mol. The molecule has 6 nitrogen and oxygen atoms in total. The standard InChI is InChI=1S/C28H22F6N6/c1-17(20-9-5-3-6-10-20)40-18(2)35-37-26(40)24-25(21-11-7-4-8-12-21)39(38-36-24)16-19-13-22(27(29,30)31)15-23(14-19)28(32,33)34/h3-15,17H,16H2,1-2H3/t17-/m1/s1. The van der Waals surface area contributed by atoms with Gasteiger partial charge in [-0.2, -0.15) is 26.3 Å². The third-order valence-corrected chi connectivity index (χ3v) is 6.51. The molecule has 1 atom stereocenters. The highest BCUT2D eigenvalue weighted by Gasteiger charge is 2.37. The van der Waals surface area contributed by atoms with Gasteiger partial charge in [0.2, 0.25) is 0 Å². The first-order valence-electron chi connectivity index (χ1n) is 12.2. The zero-order chi connectivity index (χ0) is 28.7. The molecule has 5 aromatic rings. The molecular formula is C28H22F6N6. The van der Waals surface area contributed by atoms with E-state index in [1.807, 2.05) is 41.8 Å². The molecule has 5 rings (SSSR count). The first-order chi connectivity index (χ1) is 18.9. The van der Waals surface area contributed by atoms with Crippen LogP contribution >= 0.6 is 0 Å². The van der Waals surface area contributed by atoms with Crippen LogP contribution in [0.4, 0.5) is 26.3 Å². The van der Waals surface area contributed by atoms with Gasteiger partial charge in [0.05, 0.1) is 23.7 Å². The van der Waals surface area contributed by atoms with Gasteiger partial charge in [-0.15, -0.1) is 15.3 Å². The predicted octanol–water partition coefficient (Wildman–Crippen LogP) is 7.21. The summed E-state index contributed by atoms with van der Waals surface area (Å²) >= 11 is 0. The fourth-order valence-corrected chi connectivity index (χ4v) is 4.61. The highest BCUT2D eigenvalue weighted by atomic mass is 19.4. The Morgan fingerprint density at radius 3 is 1.90 bits per heavy atom. The van der Waals surface area contributed by atoms with Crippen molar-refractivity contribution in [1.29, 1.82) is 0 Å². The van der Waals surface area contributed by atoms with Gasteiger partial charge in [0.25, 0.3) is 0 Å². The number of nitrogens with zero attached hydrogens (tertiary/aromatic N) is 6. The number of aromatic nitrogens is 6. The SMILES string of the molecule is Cc1nnc(-c2nnn(Cc3cc(C(F)(F)F)cc(C(F)(F)F)c3)c2-c2ccccc2)n1[C@H](C)c1ccccc1. The number of alkyl halides is 6. The topological polar surface area (TPSA) is 61.4 Å². The van der Waals surface area contributed by atoms with E-state index >= 15 is 0 Å². The lowest BCUT2D eigenvalue weighted by molar-refractivity contribution is -0.143. The molecule has 0 aliphatic rings. The minimum Gasteiger partial charge on any atom is -0.302 e. The van der Waals surface area contributed by atoms with E-state index < -0.39 is 30.0 Å². The van der Waals surface area contributed by atoms with Gasteiger partial charge in [-0.25, -0.2) is 4.68 Å². The summed E-state index contributed by atoms with van der Waals surface area (Å²) in [7, 11) is 0. The van der Waals surface area contributed by atoms with Crippen LogP contribution in [-0.4, -0.2) is 29.8 Å². The summed E-state index contributed by atoms with van der Waals surface area (Å²) in [6.07, 6.45) is -9.93. The van der Waals surface area contributed by atoms with E-state index in [4.69, 9.17) is 0 Å². The molecule has 40 heavy (non-hydrogen) atoms. The minimum absolute atomic E-state index is 0.102. The van der Waals surface area contributed by atoms with Gasteiger partial charge in [0, 0.05) is 5.56 Å². The maximum absolute atomic E-state index is 13.5. The Labute approximate surface area is 224 Å². The predicted molar refractivity (Wildman–Crippen MR) is 135 cm³/mol. The van der Waals surface area contributed by atoms with Crippen molar-refractivity contribution < 1.29 is 26.3 Å². The Morgan fingerprint density at radius 2 is 1.32 bits per heavy atom. The lowest BCUT2D eigenvalue weighted by atomic mass is 10.0. The summed E-state index contributed by atoms with van der Waals surface area (Å²) in [5.41, 5.74) is -0.782. The van der Waals surface area contributed by atoms with E-state index in [-0.39, 0.29) is 23.4 Å². The van der Waals surface area contributed by atoms with Crippen molar-refractivity contribution >= 4 is 0 Å². The second kappa shape index (κ2) is 10.2. The number of rotatable bonds is 6. The summed E-state index contributed by atoms with van der Waals surface area (Å²) in [5, 5.41) is 17.0. The molecule has 0 unspecified atom stereocenters. The van der Waals surface area contributed by atoms with E-state index in [1.165, 1.54) is 4.68 Å². The van der Waals surface area contributed by atoms with Gasteiger partial charge >= 0.3 is 12.4 Å². The Morgan fingerprint density at radius 1 is 0.750 bits per heavy atom. The zero-order valence-electron chi connectivity index (χ0n) is 21.2. The van der Waals surface area contributed by atoms with Crippen LogP contribution in [0.2, 0.25) is 0 Å². The van der Waals surface area contributed by atoms with Crippen molar-refractivity contribution in [2.45, 2.75) is 38.8 Å². The Balaban J connectivity index is 1.66. The van der Waals surface area contributed by atoms with E-state index in [9.17, 15) is 26.3 Å². The fourth-order valence-electron chi connectivity index (χ4n) is 4.61. The molecule has 206 valence electrons. The molecule has 0 bridgehead atoms. The lowest BCUT2D eigenvalue weighted by Crippen LogP contribution is -2.13. The minimum atomic E-state index is -4.96. The van der Waals surface area contributed by atoms with Crippen molar-refractivity contribution in [3.8, 4) is 22.8 Å². The molecule has 0 saturated carbocycles. The second-order valence-electron chi connectivity index (χ2n) is 9.25.